The van der Waals surface area contributed by atoms with Crippen LogP contribution in [0.15, 0.2) is 84.1 Å². The molecule has 0 aliphatic heterocycles. The van der Waals surface area contributed by atoms with Crippen molar-refractivity contribution in [1.82, 2.24) is 14.4 Å². The van der Waals surface area contributed by atoms with Crippen LogP contribution in [0.5, 0.6) is 0 Å². The van der Waals surface area contributed by atoms with E-state index in [-0.39, 0.29) is 18.4 Å². The highest BCUT2D eigenvalue weighted by atomic mass is 16.3. The van der Waals surface area contributed by atoms with E-state index in [4.69, 9.17) is 4.42 Å². The minimum atomic E-state index is -0.132. The predicted octanol–water partition coefficient (Wildman–Crippen LogP) is 3.79. The third kappa shape index (κ3) is 6.47. The molecule has 0 fully saturated rings. The summed E-state index contributed by atoms with van der Waals surface area (Å²) in [6.07, 6.45) is 6.18. The number of carbonyl (C=O) groups excluding carboxylic acids is 2. The van der Waals surface area contributed by atoms with Gasteiger partial charge >= 0.3 is 0 Å². The van der Waals surface area contributed by atoms with Crippen molar-refractivity contribution in [3.8, 4) is 0 Å². The van der Waals surface area contributed by atoms with Gasteiger partial charge in [-0.25, -0.2) is 0 Å². The monoisotopic (exact) mass is 419 g/mol. The summed E-state index contributed by atoms with van der Waals surface area (Å²) in [7, 11) is 1.95. The number of rotatable bonds is 11. The molecular weight excluding hydrogens is 390 g/mol. The SMILES string of the molecule is C=CCN(CC(=O)N(Cc1ccco1)Cc1cccn1C)C(=O)CCc1ccccc1. The van der Waals surface area contributed by atoms with Gasteiger partial charge in [-0.15, -0.1) is 6.58 Å². The summed E-state index contributed by atoms with van der Waals surface area (Å²) in [4.78, 5) is 29.3. The molecule has 0 spiro atoms. The summed E-state index contributed by atoms with van der Waals surface area (Å²) in [5.41, 5.74) is 2.11. The van der Waals surface area contributed by atoms with E-state index in [2.05, 4.69) is 6.58 Å². The van der Waals surface area contributed by atoms with Crippen molar-refractivity contribution in [3.63, 3.8) is 0 Å². The number of furan rings is 1. The van der Waals surface area contributed by atoms with E-state index >= 15 is 0 Å². The van der Waals surface area contributed by atoms with Gasteiger partial charge in [0.15, 0.2) is 0 Å². The Hall–Kier alpha value is -3.54. The summed E-state index contributed by atoms with van der Waals surface area (Å²) in [6, 6.07) is 17.4. The number of nitrogens with zero attached hydrogens (tertiary/aromatic N) is 3. The number of amides is 2. The van der Waals surface area contributed by atoms with Crippen LogP contribution in [0.2, 0.25) is 0 Å². The number of aromatic nitrogens is 1. The maximum Gasteiger partial charge on any atom is 0.242 e. The van der Waals surface area contributed by atoms with Crippen molar-refractivity contribution in [2.75, 3.05) is 13.1 Å². The number of carbonyl (C=O) groups is 2. The quantitative estimate of drug-likeness (QED) is 0.444. The van der Waals surface area contributed by atoms with E-state index < -0.39 is 0 Å². The first-order valence-corrected chi connectivity index (χ1v) is 10.4. The molecule has 0 saturated heterocycles. The van der Waals surface area contributed by atoms with Crippen molar-refractivity contribution in [2.45, 2.75) is 25.9 Å². The van der Waals surface area contributed by atoms with Crippen molar-refractivity contribution in [2.24, 2.45) is 7.05 Å². The molecule has 31 heavy (non-hydrogen) atoms. The van der Waals surface area contributed by atoms with E-state index in [9.17, 15) is 9.59 Å². The van der Waals surface area contributed by atoms with Crippen LogP contribution in [0.25, 0.3) is 0 Å². The molecule has 3 aromatic rings. The third-order valence-electron chi connectivity index (χ3n) is 5.18. The first-order valence-electron chi connectivity index (χ1n) is 10.4. The Morgan fingerprint density at radius 2 is 1.81 bits per heavy atom. The maximum absolute atomic E-state index is 13.2. The van der Waals surface area contributed by atoms with Crippen molar-refractivity contribution in [3.05, 3.63) is 96.7 Å². The lowest BCUT2D eigenvalue weighted by atomic mass is 10.1. The van der Waals surface area contributed by atoms with Gasteiger partial charge in [-0.1, -0.05) is 36.4 Å². The Bertz CT molecular complexity index is 977. The molecule has 0 atom stereocenters. The van der Waals surface area contributed by atoms with Gasteiger partial charge in [-0.05, 0) is 36.2 Å². The molecule has 2 heterocycles. The molecule has 0 unspecified atom stereocenters. The largest absolute Gasteiger partial charge is 0.467 e. The molecule has 0 saturated carbocycles. The molecule has 0 radical (unpaired) electrons. The van der Waals surface area contributed by atoms with Crippen LogP contribution >= 0.6 is 0 Å². The molecular formula is C25H29N3O3. The zero-order valence-corrected chi connectivity index (χ0v) is 17.9. The van der Waals surface area contributed by atoms with Gasteiger partial charge in [-0.2, -0.15) is 0 Å². The maximum atomic E-state index is 13.2. The zero-order chi connectivity index (χ0) is 22.1. The molecule has 6 nitrogen and oxygen atoms in total. The van der Waals surface area contributed by atoms with Gasteiger partial charge in [0.1, 0.15) is 12.3 Å². The van der Waals surface area contributed by atoms with Crippen LogP contribution in [0.1, 0.15) is 23.4 Å². The van der Waals surface area contributed by atoms with Crippen molar-refractivity contribution < 1.29 is 14.0 Å². The minimum Gasteiger partial charge on any atom is -0.467 e. The van der Waals surface area contributed by atoms with Crippen LogP contribution in [0, 0.1) is 0 Å². The highest BCUT2D eigenvalue weighted by Gasteiger charge is 2.22. The van der Waals surface area contributed by atoms with Gasteiger partial charge in [0, 0.05) is 31.9 Å². The second-order valence-corrected chi connectivity index (χ2v) is 7.49. The van der Waals surface area contributed by atoms with Gasteiger partial charge in [-0.3, -0.25) is 9.59 Å². The van der Waals surface area contributed by atoms with Crippen LogP contribution in [-0.2, 0) is 36.1 Å². The summed E-state index contributed by atoms with van der Waals surface area (Å²) in [5, 5.41) is 0. The fourth-order valence-electron chi connectivity index (χ4n) is 3.41. The average Bonchev–Trinajstić information content (AvgIpc) is 3.44. The summed E-state index contributed by atoms with van der Waals surface area (Å²) in [5.74, 6) is 0.509. The lowest BCUT2D eigenvalue weighted by Gasteiger charge is -2.27. The Balaban J connectivity index is 1.67. The molecule has 0 bridgehead atoms. The molecule has 162 valence electrons. The smallest absolute Gasteiger partial charge is 0.242 e. The van der Waals surface area contributed by atoms with Gasteiger partial charge < -0.3 is 18.8 Å². The predicted molar refractivity (Wildman–Crippen MR) is 120 cm³/mol. The van der Waals surface area contributed by atoms with Crippen LogP contribution < -0.4 is 0 Å². The molecule has 2 aromatic heterocycles. The van der Waals surface area contributed by atoms with E-state index in [1.165, 1.54) is 0 Å². The van der Waals surface area contributed by atoms with E-state index in [1.807, 2.05) is 66.3 Å². The summed E-state index contributed by atoms with van der Waals surface area (Å²) in [6.45, 7) is 4.86. The average molecular weight is 420 g/mol. The lowest BCUT2D eigenvalue weighted by molar-refractivity contribution is -0.141. The lowest BCUT2D eigenvalue weighted by Crippen LogP contribution is -2.42. The Morgan fingerprint density at radius 3 is 2.45 bits per heavy atom. The second-order valence-electron chi connectivity index (χ2n) is 7.49. The van der Waals surface area contributed by atoms with Gasteiger partial charge in [0.25, 0.3) is 0 Å². The highest BCUT2D eigenvalue weighted by Crippen LogP contribution is 2.13. The van der Waals surface area contributed by atoms with Crippen LogP contribution in [0.3, 0.4) is 0 Å². The molecule has 1 aromatic carbocycles. The second kappa shape index (κ2) is 11.0. The first-order chi connectivity index (χ1) is 15.1. The van der Waals surface area contributed by atoms with Gasteiger partial charge in [0.2, 0.25) is 11.8 Å². The minimum absolute atomic E-state index is 0.00474. The van der Waals surface area contributed by atoms with E-state index in [0.29, 0.717) is 38.2 Å². The molecule has 6 heteroatoms. The standard InChI is InChI=1S/C25H29N3O3/c1-3-15-27(24(29)14-13-21-9-5-4-6-10-21)20-25(30)28(19-23-12-8-17-31-23)18-22-11-7-16-26(22)2/h3-12,16-17H,1,13-15,18-20H2,2H3. The first kappa shape index (κ1) is 22.2. The Morgan fingerprint density at radius 1 is 1.00 bits per heavy atom. The number of aryl methyl sites for hydroxylation is 2. The van der Waals surface area contributed by atoms with Crippen molar-refractivity contribution in [1.29, 1.82) is 0 Å². The number of hydrogen-bond acceptors (Lipinski definition) is 3. The normalized spacial score (nSPS) is 10.6. The Labute approximate surface area is 183 Å². The van der Waals surface area contributed by atoms with Crippen LogP contribution in [-0.4, -0.2) is 39.3 Å². The fraction of sp³-hybridized carbons (Fsp3) is 0.280. The summed E-state index contributed by atoms with van der Waals surface area (Å²) < 4.78 is 7.43. The van der Waals surface area contributed by atoms with E-state index in [0.717, 1.165) is 11.3 Å². The fourth-order valence-corrected chi connectivity index (χ4v) is 3.41. The Kier molecular flexibility index (Phi) is 7.87. The van der Waals surface area contributed by atoms with Crippen LogP contribution in [0.4, 0.5) is 0 Å². The van der Waals surface area contributed by atoms with Gasteiger partial charge in [0.05, 0.1) is 19.4 Å². The highest BCUT2D eigenvalue weighted by molar-refractivity contribution is 5.85. The van der Waals surface area contributed by atoms with E-state index in [1.54, 1.807) is 28.2 Å². The number of benzene rings is 1. The molecule has 0 N–H and O–H groups in total. The molecule has 0 aliphatic carbocycles. The molecule has 3 rings (SSSR count). The molecule has 2 amide bonds. The number of hydrogen-bond donors (Lipinski definition) is 0. The zero-order valence-electron chi connectivity index (χ0n) is 17.9. The third-order valence-corrected chi connectivity index (χ3v) is 5.18. The van der Waals surface area contributed by atoms with Crippen molar-refractivity contribution >= 4 is 11.8 Å². The molecule has 0 aliphatic rings. The summed E-state index contributed by atoms with van der Waals surface area (Å²) >= 11 is 0. The topological polar surface area (TPSA) is 58.7 Å².